The molecule has 0 bridgehead atoms. The van der Waals surface area contributed by atoms with Crippen LogP contribution in [0.2, 0.25) is 0 Å². The fourth-order valence-electron chi connectivity index (χ4n) is 19.9. The predicted molar refractivity (Wildman–Crippen MR) is 520 cm³/mol. The Bertz CT molecular complexity index is 8350. The summed E-state index contributed by atoms with van der Waals surface area (Å²) < 4.78 is 0. The van der Waals surface area contributed by atoms with Gasteiger partial charge in [-0.2, -0.15) is 21.0 Å². The molecule has 0 amide bonds. The average Bonchev–Trinajstić information content (AvgIpc) is 0.704. The summed E-state index contributed by atoms with van der Waals surface area (Å²) in [6.07, 6.45) is 0. The summed E-state index contributed by atoms with van der Waals surface area (Å²) in [5.41, 5.74) is 19.9. The van der Waals surface area contributed by atoms with Crippen molar-refractivity contribution in [2.45, 2.75) is 0 Å². The smallest absolute Gasteiger partial charge is 0.101 e. The number of fused-ring (bicyclic) bond motifs is 24. The van der Waals surface area contributed by atoms with Crippen LogP contribution in [0.25, 0.3) is 240 Å². The molecule has 0 atom stereocenters. The minimum absolute atomic E-state index is 0.375. The zero-order valence-electron chi connectivity index (χ0n) is 67.0. The quantitative estimate of drug-likeness (QED) is 0.142. The van der Waals surface area contributed by atoms with E-state index in [-0.39, 0.29) is 0 Å². The molecule has 0 aliphatic carbocycles. The highest BCUT2D eigenvalue weighted by molar-refractivity contribution is 6.41. The first-order valence-corrected chi connectivity index (χ1v) is 41.9. The lowest BCUT2D eigenvalue weighted by atomic mass is 9.83. The molecule has 24 rings (SSSR count). The number of nitriles is 4. The van der Waals surface area contributed by atoms with Gasteiger partial charge in [0.2, 0.25) is 0 Å². The zero-order chi connectivity index (χ0) is 82.6. The number of hydrogen-bond acceptors (Lipinski definition) is 4. The number of rotatable bonds is 8. The molecule has 0 saturated carbocycles. The van der Waals surface area contributed by atoms with Crippen LogP contribution in [0.3, 0.4) is 0 Å². The van der Waals surface area contributed by atoms with Crippen LogP contribution < -0.4 is 0 Å². The Morgan fingerprint density at radius 2 is 0.331 bits per heavy atom. The largest absolute Gasteiger partial charge is 0.192 e. The number of nitrogens with zero attached hydrogens (tertiary/aromatic N) is 4. The highest BCUT2D eigenvalue weighted by Crippen LogP contribution is 2.52. The van der Waals surface area contributed by atoms with Crippen LogP contribution >= 0.6 is 0 Å². The third kappa shape index (κ3) is 11.9. The van der Waals surface area contributed by atoms with E-state index in [1.54, 1.807) is 0 Å². The van der Waals surface area contributed by atoms with E-state index in [0.717, 1.165) is 163 Å². The van der Waals surface area contributed by atoms with E-state index in [2.05, 4.69) is 413 Å². The maximum absolute atomic E-state index is 10.4. The summed E-state index contributed by atoms with van der Waals surface area (Å²) >= 11 is 0. The van der Waals surface area contributed by atoms with Gasteiger partial charge in [-0.15, -0.1) is 0 Å². The third-order valence-corrected chi connectivity index (χ3v) is 25.8. The van der Waals surface area contributed by atoms with Gasteiger partial charge in [-0.05, 0) is 300 Å². The van der Waals surface area contributed by atoms with Crippen molar-refractivity contribution in [3.63, 3.8) is 0 Å². The molecule has 0 radical (unpaired) electrons. The van der Waals surface area contributed by atoms with Crippen LogP contribution in [0, 0.1) is 45.3 Å². The van der Waals surface area contributed by atoms with Crippen molar-refractivity contribution in [1.29, 1.82) is 21.0 Å². The molecule has 124 heavy (non-hydrogen) atoms. The lowest BCUT2D eigenvalue weighted by Gasteiger charge is -2.20. The van der Waals surface area contributed by atoms with E-state index in [1.165, 1.54) is 76.5 Å². The van der Waals surface area contributed by atoms with Crippen LogP contribution in [0.4, 0.5) is 0 Å². The lowest BCUT2D eigenvalue weighted by molar-refractivity contribution is 1.45. The van der Waals surface area contributed by atoms with Crippen molar-refractivity contribution in [3.05, 3.63) is 435 Å². The molecule has 0 fully saturated rings. The Morgan fingerprint density at radius 3 is 0.605 bits per heavy atom. The lowest BCUT2D eigenvalue weighted by Crippen LogP contribution is -1.93. The first-order valence-electron chi connectivity index (χ1n) is 41.9. The van der Waals surface area contributed by atoms with E-state index >= 15 is 0 Å². The van der Waals surface area contributed by atoms with Gasteiger partial charge in [-0.1, -0.05) is 352 Å². The maximum Gasteiger partial charge on any atom is 0.101 e. The summed E-state index contributed by atoms with van der Waals surface area (Å²) in [6.45, 7) is 0. The van der Waals surface area contributed by atoms with Gasteiger partial charge in [-0.3, -0.25) is 0 Å². The predicted octanol–water partition coefficient (Wildman–Crippen LogP) is 32.3. The van der Waals surface area contributed by atoms with Gasteiger partial charge < -0.3 is 0 Å². The molecule has 4 heteroatoms. The zero-order valence-corrected chi connectivity index (χ0v) is 67.0. The standard InChI is InChI=1S/2C60H34N2/c61-35-43-31-55-56(32-44(43)36-62)58-34-54(42-29-25-40(26-30-42)48-22-10-14-38-12-2-4-16-46(38)48)50-18-6-8-20-52(50)60(58)59-51-19-7-5-17-49(51)53(33-57(55)59)41-27-23-39(24-28-41)47-21-9-13-37-11-1-3-15-45(37)47;61-35-47-31-55-56(32-48(47)36-62)58-34-54(42-25-19-40(20-26-42)46-28-22-38-10-2-4-12-44(38)30-46)50-14-6-8-16-52(50)60(58)59-51-15-7-5-13-49(51)53(33-57(55)59)41-23-17-39(18-24-41)45-27-21-37-9-1-3-11-43(37)29-45/h2*1-34H. The van der Waals surface area contributed by atoms with Crippen molar-refractivity contribution >= 4 is 151 Å². The van der Waals surface area contributed by atoms with Crippen molar-refractivity contribution < 1.29 is 0 Å². The molecule has 24 aromatic carbocycles. The Morgan fingerprint density at radius 1 is 0.121 bits per heavy atom. The van der Waals surface area contributed by atoms with Crippen LogP contribution in [0.5, 0.6) is 0 Å². The van der Waals surface area contributed by atoms with Crippen molar-refractivity contribution in [2.24, 2.45) is 0 Å². The summed E-state index contributed by atoms with van der Waals surface area (Å²) in [7, 11) is 0. The third-order valence-electron chi connectivity index (χ3n) is 25.8. The Balaban J connectivity index is 0.000000143. The summed E-state index contributed by atoms with van der Waals surface area (Å²) in [6, 6.07) is 157. The molecule has 0 aromatic heterocycles. The van der Waals surface area contributed by atoms with Gasteiger partial charge in [-0.25, -0.2) is 0 Å². The monoisotopic (exact) mass is 1560 g/mol. The normalized spacial score (nSPS) is 11.5. The number of benzene rings is 24. The van der Waals surface area contributed by atoms with E-state index in [9.17, 15) is 21.0 Å². The van der Waals surface area contributed by atoms with Crippen LogP contribution in [-0.4, -0.2) is 0 Å². The molecule has 0 saturated heterocycles. The van der Waals surface area contributed by atoms with Gasteiger partial charge in [0.15, 0.2) is 0 Å². The highest BCUT2D eigenvalue weighted by atomic mass is 14.3. The topological polar surface area (TPSA) is 95.2 Å². The molecule has 0 unspecified atom stereocenters. The molecule has 0 aliphatic rings. The molecule has 568 valence electrons. The molecular weight excluding hydrogens is 1500 g/mol. The molecular formula is C120H68N4. The Kier molecular flexibility index (Phi) is 17.1. The average molecular weight is 1570 g/mol. The Labute approximate surface area is 715 Å². The first-order chi connectivity index (χ1) is 61.3. The first kappa shape index (κ1) is 72.1. The second-order valence-electron chi connectivity index (χ2n) is 32.4. The van der Waals surface area contributed by atoms with E-state index in [0.29, 0.717) is 22.3 Å². The minimum Gasteiger partial charge on any atom is -0.192 e. The van der Waals surface area contributed by atoms with Gasteiger partial charge in [0.25, 0.3) is 0 Å². The fourth-order valence-corrected chi connectivity index (χ4v) is 19.9. The van der Waals surface area contributed by atoms with E-state index < -0.39 is 0 Å². The Hall–Kier alpha value is -17.1. The van der Waals surface area contributed by atoms with Crippen LogP contribution in [0.15, 0.2) is 413 Å². The van der Waals surface area contributed by atoms with Gasteiger partial charge in [0, 0.05) is 0 Å². The number of hydrogen-bond donors (Lipinski definition) is 0. The van der Waals surface area contributed by atoms with Crippen molar-refractivity contribution in [1.82, 2.24) is 0 Å². The van der Waals surface area contributed by atoms with Crippen molar-refractivity contribution in [3.8, 4) is 113 Å². The molecule has 24 aromatic rings. The van der Waals surface area contributed by atoms with Crippen LogP contribution in [0.1, 0.15) is 22.3 Å². The van der Waals surface area contributed by atoms with Crippen molar-refractivity contribution in [2.75, 3.05) is 0 Å². The highest BCUT2D eigenvalue weighted by Gasteiger charge is 2.25. The summed E-state index contributed by atoms with van der Waals surface area (Å²) in [5, 5.41) is 73.1. The molecule has 0 aliphatic heterocycles. The van der Waals surface area contributed by atoms with Gasteiger partial charge >= 0.3 is 0 Å². The molecule has 4 nitrogen and oxygen atoms in total. The summed E-state index contributed by atoms with van der Waals surface area (Å²) in [5.74, 6) is 0. The van der Waals surface area contributed by atoms with E-state index in [1.807, 2.05) is 24.3 Å². The maximum atomic E-state index is 10.4. The SMILES string of the molecule is N#Cc1cc2c(cc1C#N)c1cc(-c3ccc(-c4ccc5ccccc5c4)cc3)c3ccccc3c1c1c3ccccc3c(-c3ccc(-c4ccc5ccccc5c4)cc3)cc21.N#Cc1cc2c(cc1C#N)c1cc(-c3ccc(-c4cccc5ccccc45)cc3)c3ccccc3c1c1c3ccccc3c(-c3ccc(-c4cccc5ccccc45)cc3)cc21. The van der Waals surface area contributed by atoms with E-state index in [4.69, 9.17) is 0 Å². The summed E-state index contributed by atoms with van der Waals surface area (Å²) in [4.78, 5) is 0. The molecule has 0 N–H and O–H groups in total. The molecule has 0 heterocycles. The fraction of sp³-hybridized carbons (Fsp3) is 0. The minimum atomic E-state index is 0.375. The van der Waals surface area contributed by atoms with Gasteiger partial charge in [0.05, 0.1) is 22.3 Å². The van der Waals surface area contributed by atoms with Crippen LogP contribution in [-0.2, 0) is 0 Å². The molecule has 0 spiro atoms. The second-order valence-corrected chi connectivity index (χ2v) is 32.4. The second kappa shape index (κ2) is 29.4. The van der Waals surface area contributed by atoms with Gasteiger partial charge in [0.1, 0.15) is 24.3 Å².